The molecule has 0 bridgehead atoms. The van der Waals surface area contributed by atoms with Gasteiger partial charge in [-0.1, -0.05) is 26.8 Å². The number of carboxylic acid groups (broad SMARTS) is 1. The lowest BCUT2D eigenvalue weighted by Gasteiger charge is -2.38. The predicted molar refractivity (Wildman–Crippen MR) is 142 cm³/mol. The number of hydrogen-bond acceptors (Lipinski definition) is 7. The number of ether oxygens (including phenoxy) is 2. The molecule has 11 heteroatoms. The Morgan fingerprint density at radius 3 is 2.45 bits per heavy atom. The number of carboxylic acids is 1. The minimum atomic E-state index is -3.73. The summed E-state index contributed by atoms with van der Waals surface area (Å²) in [6, 6.07) is 10.2. The Labute approximate surface area is 221 Å². The van der Waals surface area contributed by atoms with Crippen molar-refractivity contribution in [1.82, 2.24) is 0 Å². The summed E-state index contributed by atoms with van der Waals surface area (Å²) in [6.07, 6.45) is -2.12. The fourth-order valence-electron chi connectivity index (χ4n) is 5.08. The number of nitrogens with one attached hydrogen (secondary N) is 1. The van der Waals surface area contributed by atoms with Crippen molar-refractivity contribution in [3.8, 4) is 11.5 Å². The molecule has 4 rings (SSSR count). The highest BCUT2D eigenvalue weighted by Gasteiger charge is 2.43. The molecule has 2 aromatic rings. The molecule has 0 aliphatic carbocycles. The van der Waals surface area contributed by atoms with Gasteiger partial charge in [-0.25, -0.2) is 8.42 Å². The molecule has 208 valence electrons. The van der Waals surface area contributed by atoms with E-state index in [0.29, 0.717) is 37.2 Å². The summed E-state index contributed by atoms with van der Waals surface area (Å²) in [5, 5.41) is 12.7. The standard InChI is InChI=1S/C27H34F2N2O6S/c1-4-18(14-26(32)33)19-5-7-23(31(16-17(2)3)21-9-11-38(34,35)12-10-21)22(13-19)30-20-6-8-24-25(15-20)37-27(28,29)36-24/h5-8,13,15,17-18,21,30H,4,9-12,14,16H2,1-3H3,(H,32,33)/t18-/m1/s1. The number of nitrogens with zero attached hydrogens (tertiary/aromatic N) is 1. The molecule has 2 aliphatic rings. The van der Waals surface area contributed by atoms with Gasteiger partial charge >= 0.3 is 12.3 Å². The van der Waals surface area contributed by atoms with E-state index >= 15 is 0 Å². The van der Waals surface area contributed by atoms with Crippen molar-refractivity contribution in [2.75, 3.05) is 28.3 Å². The molecule has 1 atom stereocenters. The number of anilines is 3. The van der Waals surface area contributed by atoms with Crippen LogP contribution >= 0.6 is 0 Å². The zero-order valence-corrected chi connectivity index (χ0v) is 22.6. The Hall–Kier alpha value is -3.08. The van der Waals surface area contributed by atoms with Crippen molar-refractivity contribution in [2.24, 2.45) is 5.92 Å². The summed E-state index contributed by atoms with van der Waals surface area (Å²) in [4.78, 5) is 13.7. The van der Waals surface area contributed by atoms with Crippen LogP contribution < -0.4 is 19.7 Å². The summed E-state index contributed by atoms with van der Waals surface area (Å²) < 4.78 is 60.5. The Morgan fingerprint density at radius 1 is 1.13 bits per heavy atom. The van der Waals surface area contributed by atoms with Crippen molar-refractivity contribution in [3.05, 3.63) is 42.0 Å². The molecule has 0 aromatic heterocycles. The van der Waals surface area contributed by atoms with Gasteiger partial charge in [0.05, 0.1) is 29.3 Å². The highest BCUT2D eigenvalue weighted by Crippen LogP contribution is 2.44. The Kier molecular flexibility index (Phi) is 8.06. The van der Waals surface area contributed by atoms with Crippen LogP contribution in [0.5, 0.6) is 11.5 Å². The second kappa shape index (κ2) is 11.0. The van der Waals surface area contributed by atoms with Crippen molar-refractivity contribution in [1.29, 1.82) is 0 Å². The van der Waals surface area contributed by atoms with E-state index in [0.717, 1.165) is 11.3 Å². The number of fused-ring (bicyclic) bond motifs is 1. The normalized spacial score (nSPS) is 18.8. The molecule has 0 amide bonds. The van der Waals surface area contributed by atoms with E-state index in [9.17, 15) is 27.1 Å². The number of hydrogen-bond donors (Lipinski definition) is 2. The average Bonchev–Trinajstić information content (AvgIpc) is 3.14. The fourth-order valence-corrected chi connectivity index (χ4v) is 6.54. The molecule has 0 spiro atoms. The predicted octanol–water partition coefficient (Wildman–Crippen LogP) is 5.76. The zero-order valence-electron chi connectivity index (χ0n) is 21.7. The monoisotopic (exact) mass is 552 g/mol. The fraction of sp³-hybridized carbons (Fsp3) is 0.519. The van der Waals surface area contributed by atoms with Crippen LogP contribution in [0.4, 0.5) is 25.8 Å². The average molecular weight is 553 g/mol. The number of benzene rings is 2. The van der Waals surface area contributed by atoms with Crippen LogP contribution in [0, 0.1) is 5.92 Å². The minimum Gasteiger partial charge on any atom is -0.481 e. The van der Waals surface area contributed by atoms with Crippen LogP contribution in [0.25, 0.3) is 0 Å². The van der Waals surface area contributed by atoms with Gasteiger partial charge in [-0.15, -0.1) is 8.78 Å². The molecule has 1 fully saturated rings. The molecule has 0 saturated carbocycles. The second-order valence-corrected chi connectivity index (χ2v) is 12.7. The van der Waals surface area contributed by atoms with Crippen LogP contribution in [0.3, 0.4) is 0 Å². The third-order valence-electron chi connectivity index (χ3n) is 6.92. The molecule has 38 heavy (non-hydrogen) atoms. The lowest BCUT2D eigenvalue weighted by atomic mass is 9.92. The summed E-state index contributed by atoms with van der Waals surface area (Å²) >= 11 is 0. The zero-order chi connectivity index (χ0) is 27.7. The SMILES string of the molecule is CC[C@H](CC(=O)O)c1ccc(N(CC(C)C)C2CCS(=O)(=O)CC2)c(Nc2ccc3c(c2)OC(F)(F)O3)c1. The minimum absolute atomic E-state index is 0.00348. The van der Waals surface area contributed by atoms with Gasteiger partial charge in [0.15, 0.2) is 11.5 Å². The topological polar surface area (TPSA) is 105 Å². The Bertz CT molecular complexity index is 1270. The molecule has 2 N–H and O–H groups in total. The summed E-state index contributed by atoms with van der Waals surface area (Å²) in [6.45, 7) is 6.79. The van der Waals surface area contributed by atoms with E-state index in [4.69, 9.17) is 0 Å². The van der Waals surface area contributed by atoms with Gasteiger partial charge in [0, 0.05) is 24.3 Å². The number of rotatable bonds is 10. The van der Waals surface area contributed by atoms with Crippen LogP contribution in [-0.4, -0.2) is 49.9 Å². The van der Waals surface area contributed by atoms with E-state index in [-0.39, 0.29) is 47.3 Å². The summed E-state index contributed by atoms with van der Waals surface area (Å²) in [5.41, 5.74) is 2.83. The number of carbonyl (C=O) groups is 1. The lowest BCUT2D eigenvalue weighted by Crippen LogP contribution is -2.43. The first-order valence-electron chi connectivity index (χ1n) is 12.9. The maximum atomic E-state index is 13.6. The Morgan fingerprint density at radius 2 is 1.82 bits per heavy atom. The van der Waals surface area contributed by atoms with Gasteiger partial charge in [0.2, 0.25) is 0 Å². The van der Waals surface area contributed by atoms with Crippen molar-refractivity contribution >= 4 is 32.9 Å². The van der Waals surface area contributed by atoms with Gasteiger partial charge in [-0.2, -0.15) is 0 Å². The van der Waals surface area contributed by atoms with Crippen LogP contribution in [0.2, 0.25) is 0 Å². The van der Waals surface area contributed by atoms with E-state index in [2.05, 4.69) is 33.5 Å². The first-order valence-corrected chi connectivity index (χ1v) is 14.7. The summed E-state index contributed by atoms with van der Waals surface area (Å²) in [7, 11) is -3.05. The third-order valence-corrected chi connectivity index (χ3v) is 8.64. The van der Waals surface area contributed by atoms with Crippen LogP contribution in [-0.2, 0) is 14.6 Å². The molecule has 2 aliphatic heterocycles. The molecule has 0 unspecified atom stereocenters. The number of alkyl halides is 2. The van der Waals surface area contributed by atoms with E-state index < -0.39 is 22.1 Å². The highest BCUT2D eigenvalue weighted by molar-refractivity contribution is 7.91. The quantitative estimate of drug-likeness (QED) is 0.383. The van der Waals surface area contributed by atoms with Gasteiger partial charge in [0.1, 0.15) is 9.84 Å². The van der Waals surface area contributed by atoms with E-state index in [1.165, 1.54) is 12.1 Å². The molecule has 1 saturated heterocycles. The molecule has 2 heterocycles. The van der Waals surface area contributed by atoms with Crippen LogP contribution in [0.1, 0.15) is 57.9 Å². The molecular weight excluding hydrogens is 518 g/mol. The van der Waals surface area contributed by atoms with Crippen molar-refractivity contribution < 1.29 is 36.6 Å². The number of aliphatic carboxylic acids is 1. The molecule has 8 nitrogen and oxygen atoms in total. The Balaban J connectivity index is 1.74. The van der Waals surface area contributed by atoms with E-state index in [1.807, 2.05) is 25.1 Å². The smallest absolute Gasteiger partial charge is 0.481 e. The van der Waals surface area contributed by atoms with Crippen molar-refractivity contribution in [2.45, 2.75) is 64.7 Å². The summed E-state index contributed by atoms with van der Waals surface area (Å²) in [5.74, 6) is -0.726. The maximum Gasteiger partial charge on any atom is 0.586 e. The number of sulfone groups is 1. The van der Waals surface area contributed by atoms with Crippen molar-refractivity contribution in [3.63, 3.8) is 0 Å². The molecule has 0 radical (unpaired) electrons. The van der Waals surface area contributed by atoms with Gasteiger partial charge in [0.25, 0.3) is 0 Å². The second-order valence-electron chi connectivity index (χ2n) is 10.4. The molecular formula is C27H34F2N2O6S. The first kappa shape index (κ1) is 27.9. The van der Waals surface area contributed by atoms with Gasteiger partial charge in [-0.05, 0) is 60.9 Å². The maximum absolute atomic E-state index is 13.6. The van der Waals surface area contributed by atoms with E-state index in [1.54, 1.807) is 6.07 Å². The lowest BCUT2D eigenvalue weighted by molar-refractivity contribution is -0.286. The first-order chi connectivity index (χ1) is 17.9. The van der Waals surface area contributed by atoms with Crippen LogP contribution in [0.15, 0.2) is 36.4 Å². The highest BCUT2D eigenvalue weighted by atomic mass is 32.2. The van der Waals surface area contributed by atoms with Gasteiger partial charge < -0.3 is 24.8 Å². The number of halogens is 2. The van der Waals surface area contributed by atoms with Gasteiger partial charge in [-0.3, -0.25) is 4.79 Å². The largest absolute Gasteiger partial charge is 0.586 e. The third kappa shape index (κ3) is 6.67. The molecule has 2 aromatic carbocycles.